The van der Waals surface area contributed by atoms with Crippen molar-refractivity contribution in [1.29, 1.82) is 0 Å². The molecular formula is C17H17NO2. The van der Waals surface area contributed by atoms with Crippen LogP contribution in [0.1, 0.15) is 21.5 Å². The largest absolute Gasteiger partial charge is 0.465 e. The van der Waals surface area contributed by atoms with Crippen molar-refractivity contribution in [2.45, 2.75) is 0 Å². The van der Waals surface area contributed by atoms with Gasteiger partial charge < -0.3 is 10.1 Å². The molecule has 0 aliphatic heterocycles. The van der Waals surface area contributed by atoms with E-state index < -0.39 is 0 Å². The molecule has 102 valence electrons. The van der Waals surface area contributed by atoms with Crippen LogP contribution in [0.3, 0.4) is 0 Å². The molecule has 0 atom stereocenters. The summed E-state index contributed by atoms with van der Waals surface area (Å²) in [7, 11) is 3.28. The van der Waals surface area contributed by atoms with E-state index in [1.54, 1.807) is 12.1 Å². The third kappa shape index (κ3) is 3.26. The van der Waals surface area contributed by atoms with Gasteiger partial charge in [-0.15, -0.1) is 0 Å². The molecule has 0 aliphatic rings. The van der Waals surface area contributed by atoms with Gasteiger partial charge in [-0.25, -0.2) is 4.79 Å². The van der Waals surface area contributed by atoms with Crippen molar-refractivity contribution in [1.82, 2.24) is 0 Å². The molecule has 0 spiro atoms. The number of hydrogen-bond acceptors (Lipinski definition) is 3. The number of nitrogens with one attached hydrogen (secondary N) is 1. The molecule has 2 aromatic carbocycles. The Labute approximate surface area is 118 Å². The van der Waals surface area contributed by atoms with Gasteiger partial charge in [0.25, 0.3) is 0 Å². The second-order valence-electron chi connectivity index (χ2n) is 4.28. The van der Waals surface area contributed by atoms with Gasteiger partial charge in [-0.05, 0) is 29.3 Å². The van der Waals surface area contributed by atoms with E-state index in [1.807, 2.05) is 55.6 Å². The molecule has 20 heavy (non-hydrogen) atoms. The van der Waals surface area contributed by atoms with E-state index in [2.05, 4.69) is 10.1 Å². The fourth-order valence-electron chi connectivity index (χ4n) is 1.90. The highest BCUT2D eigenvalue weighted by Gasteiger charge is 2.03. The molecule has 0 aromatic heterocycles. The van der Waals surface area contributed by atoms with Crippen LogP contribution < -0.4 is 5.32 Å². The summed E-state index contributed by atoms with van der Waals surface area (Å²) in [5.41, 5.74) is 3.78. The maximum Gasteiger partial charge on any atom is 0.337 e. The Morgan fingerprint density at radius 1 is 1.05 bits per heavy atom. The van der Waals surface area contributed by atoms with Gasteiger partial charge in [0.05, 0.1) is 12.7 Å². The molecule has 0 unspecified atom stereocenters. The fraction of sp³-hybridized carbons (Fsp3) is 0.118. The molecule has 0 amide bonds. The van der Waals surface area contributed by atoms with E-state index in [-0.39, 0.29) is 5.97 Å². The number of esters is 1. The molecular weight excluding hydrogens is 250 g/mol. The van der Waals surface area contributed by atoms with Crippen molar-refractivity contribution >= 4 is 23.8 Å². The zero-order valence-corrected chi connectivity index (χ0v) is 11.6. The van der Waals surface area contributed by atoms with Crippen LogP contribution in [-0.2, 0) is 4.74 Å². The highest BCUT2D eigenvalue weighted by atomic mass is 16.5. The Hall–Kier alpha value is -2.55. The molecule has 0 bridgehead atoms. The monoisotopic (exact) mass is 267 g/mol. The van der Waals surface area contributed by atoms with Crippen molar-refractivity contribution in [2.24, 2.45) is 0 Å². The molecule has 0 heterocycles. The normalized spacial score (nSPS) is 10.5. The summed E-state index contributed by atoms with van der Waals surface area (Å²) < 4.78 is 4.67. The lowest BCUT2D eigenvalue weighted by Gasteiger charge is -2.04. The van der Waals surface area contributed by atoms with E-state index in [1.165, 1.54) is 7.11 Å². The average Bonchev–Trinajstić information content (AvgIpc) is 2.53. The number of anilines is 1. The van der Waals surface area contributed by atoms with Crippen molar-refractivity contribution < 1.29 is 9.53 Å². The summed E-state index contributed by atoms with van der Waals surface area (Å²) in [4.78, 5) is 11.3. The van der Waals surface area contributed by atoms with Crippen LogP contribution in [0.5, 0.6) is 0 Å². The third-order valence-corrected chi connectivity index (χ3v) is 3.02. The maximum absolute atomic E-state index is 11.3. The minimum absolute atomic E-state index is 0.318. The van der Waals surface area contributed by atoms with Crippen LogP contribution in [0, 0.1) is 0 Å². The predicted molar refractivity (Wildman–Crippen MR) is 82.7 cm³/mol. The van der Waals surface area contributed by atoms with E-state index in [4.69, 9.17) is 0 Å². The Bertz CT molecular complexity index is 615. The molecule has 2 rings (SSSR count). The van der Waals surface area contributed by atoms with Crippen LogP contribution >= 0.6 is 0 Å². The number of hydrogen-bond donors (Lipinski definition) is 1. The van der Waals surface area contributed by atoms with E-state index in [9.17, 15) is 4.79 Å². The number of ether oxygens (including phenoxy) is 1. The Morgan fingerprint density at radius 2 is 1.75 bits per heavy atom. The summed E-state index contributed by atoms with van der Waals surface area (Å²) in [6.07, 6.45) is 4.05. The SMILES string of the molecule is CNc1ccccc1/C=C/c1ccc(C(=O)OC)cc1. The van der Waals surface area contributed by atoms with Gasteiger partial charge in [-0.1, -0.05) is 42.5 Å². The zero-order chi connectivity index (χ0) is 14.4. The molecule has 0 saturated carbocycles. The molecule has 0 fully saturated rings. The maximum atomic E-state index is 11.3. The molecule has 3 nitrogen and oxygen atoms in total. The number of carbonyl (C=O) groups excluding carboxylic acids is 1. The number of methoxy groups -OCH3 is 1. The summed E-state index contributed by atoms with van der Waals surface area (Å²) in [6, 6.07) is 15.4. The first-order chi connectivity index (χ1) is 9.74. The smallest absolute Gasteiger partial charge is 0.337 e. The second-order valence-corrected chi connectivity index (χ2v) is 4.28. The number of rotatable bonds is 4. The van der Waals surface area contributed by atoms with Gasteiger partial charge in [0, 0.05) is 12.7 Å². The average molecular weight is 267 g/mol. The van der Waals surface area contributed by atoms with E-state index >= 15 is 0 Å². The van der Waals surface area contributed by atoms with Gasteiger partial charge in [0.1, 0.15) is 0 Å². The second kappa shape index (κ2) is 6.57. The van der Waals surface area contributed by atoms with Gasteiger partial charge in [-0.2, -0.15) is 0 Å². The lowest BCUT2D eigenvalue weighted by Crippen LogP contribution is -2.00. The van der Waals surface area contributed by atoms with Crippen LogP contribution in [0.25, 0.3) is 12.2 Å². The van der Waals surface area contributed by atoms with Gasteiger partial charge in [0.15, 0.2) is 0 Å². The molecule has 0 aliphatic carbocycles. The number of benzene rings is 2. The van der Waals surface area contributed by atoms with Crippen LogP contribution in [-0.4, -0.2) is 20.1 Å². The lowest BCUT2D eigenvalue weighted by molar-refractivity contribution is 0.0601. The van der Waals surface area contributed by atoms with Crippen molar-refractivity contribution in [3.8, 4) is 0 Å². The molecule has 0 saturated heterocycles. The summed E-state index contributed by atoms with van der Waals surface area (Å²) in [5, 5.41) is 3.15. The minimum Gasteiger partial charge on any atom is -0.465 e. The van der Waals surface area contributed by atoms with Gasteiger partial charge >= 0.3 is 5.97 Å². The quantitative estimate of drug-likeness (QED) is 0.678. The van der Waals surface area contributed by atoms with E-state index in [0.717, 1.165) is 16.8 Å². The first-order valence-corrected chi connectivity index (χ1v) is 6.38. The lowest BCUT2D eigenvalue weighted by atomic mass is 10.1. The zero-order valence-electron chi connectivity index (χ0n) is 11.6. The van der Waals surface area contributed by atoms with Crippen molar-refractivity contribution in [2.75, 3.05) is 19.5 Å². The van der Waals surface area contributed by atoms with Crippen molar-refractivity contribution in [3.63, 3.8) is 0 Å². The first kappa shape index (κ1) is 13.9. The molecule has 2 aromatic rings. The Kier molecular flexibility index (Phi) is 4.56. The third-order valence-electron chi connectivity index (χ3n) is 3.02. The summed E-state index contributed by atoms with van der Waals surface area (Å²) >= 11 is 0. The molecule has 1 N–H and O–H groups in total. The standard InChI is InChI=1S/C17H17NO2/c1-18-16-6-4-3-5-14(16)10-7-13-8-11-15(12-9-13)17(19)20-2/h3-12,18H,1-2H3/b10-7+. The molecule has 0 radical (unpaired) electrons. The van der Waals surface area contributed by atoms with Gasteiger partial charge in [0.2, 0.25) is 0 Å². The van der Waals surface area contributed by atoms with Gasteiger partial charge in [-0.3, -0.25) is 0 Å². The van der Waals surface area contributed by atoms with Crippen LogP contribution in [0.4, 0.5) is 5.69 Å². The predicted octanol–water partition coefficient (Wildman–Crippen LogP) is 3.69. The topological polar surface area (TPSA) is 38.3 Å². The highest BCUT2D eigenvalue weighted by Crippen LogP contribution is 2.17. The Balaban J connectivity index is 2.17. The Morgan fingerprint density at radius 3 is 2.40 bits per heavy atom. The van der Waals surface area contributed by atoms with Crippen LogP contribution in [0.15, 0.2) is 48.5 Å². The number of para-hydroxylation sites is 1. The van der Waals surface area contributed by atoms with Crippen LogP contribution in [0.2, 0.25) is 0 Å². The minimum atomic E-state index is -0.318. The summed E-state index contributed by atoms with van der Waals surface area (Å²) in [5.74, 6) is -0.318. The highest BCUT2D eigenvalue weighted by molar-refractivity contribution is 5.89. The van der Waals surface area contributed by atoms with Crippen molar-refractivity contribution in [3.05, 3.63) is 65.2 Å². The van der Waals surface area contributed by atoms with E-state index in [0.29, 0.717) is 5.56 Å². The molecule has 3 heteroatoms. The summed E-state index contributed by atoms with van der Waals surface area (Å²) in [6.45, 7) is 0. The number of carbonyl (C=O) groups is 1. The fourth-order valence-corrected chi connectivity index (χ4v) is 1.90. The first-order valence-electron chi connectivity index (χ1n) is 6.38.